The molecule has 118 valence electrons. The Bertz CT molecular complexity index is 885. The Kier molecular flexibility index (Phi) is 4.34. The molecule has 0 aliphatic rings. The molecule has 0 radical (unpaired) electrons. The molecule has 23 heavy (non-hydrogen) atoms. The predicted octanol–water partition coefficient (Wildman–Crippen LogP) is 4.27. The van der Waals surface area contributed by atoms with E-state index in [9.17, 15) is 5.11 Å². The lowest BCUT2D eigenvalue weighted by molar-refractivity contribution is 0.474. The average Bonchev–Trinajstić information content (AvgIpc) is 2.88. The minimum atomic E-state index is 0.209. The molecule has 0 bridgehead atoms. The number of benzene rings is 2. The number of phenolic OH excluding ortho intramolecular Hbond substituents is 1. The summed E-state index contributed by atoms with van der Waals surface area (Å²) in [6.45, 7) is 2.00. The fraction of sp³-hybridized carbons (Fsp3) is 0.176. The fourth-order valence-corrected chi connectivity index (χ4v) is 2.79. The molecule has 3 rings (SSSR count). The number of imidazole rings is 1. The van der Waals surface area contributed by atoms with E-state index in [-0.39, 0.29) is 5.75 Å². The second-order valence-corrected chi connectivity index (χ2v) is 6.08. The fourth-order valence-electron chi connectivity index (χ4n) is 2.43. The molecule has 6 heteroatoms. The monoisotopic (exact) mass is 372 g/mol. The molecule has 0 amide bonds. The lowest BCUT2D eigenvalue weighted by Gasteiger charge is -2.08. The number of aromatic hydroxyl groups is 1. The molecular formula is C17H17BrN4O. The maximum Gasteiger partial charge on any atom is 0.224 e. The first-order chi connectivity index (χ1) is 11.1. The van der Waals surface area contributed by atoms with Crippen LogP contribution >= 0.6 is 15.9 Å². The maximum atomic E-state index is 10.1. The number of hydrogen-bond donors (Lipinski definition) is 2. The van der Waals surface area contributed by atoms with Crippen LogP contribution in [0, 0.1) is 0 Å². The number of fused-ring (bicyclic) bond motifs is 1. The van der Waals surface area contributed by atoms with Crippen molar-refractivity contribution in [3.8, 4) is 5.75 Å². The maximum absolute atomic E-state index is 10.1. The normalized spacial score (nSPS) is 11.9. The number of aromatic nitrogens is 2. The van der Waals surface area contributed by atoms with Crippen LogP contribution in [0.3, 0.4) is 0 Å². The number of halogens is 1. The highest BCUT2D eigenvalue weighted by Gasteiger charge is 2.10. The quantitative estimate of drug-likeness (QED) is 0.530. The molecule has 0 saturated heterocycles. The Morgan fingerprint density at radius 1 is 1.30 bits per heavy atom. The number of nitrogens with zero attached hydrogens (tertiary/aromatic N) is 3. The number of anilines is 1. The number of nitrogens with one attached hydrogen (secondary N) is 1. The number of para-hydroxylation sites is 2. The molecule has 5 nitrogen and oxygen atoms in total. The summed E-state index contributed by atoms with van der Waals surface area (Å²) in [7, 11) is 1.94. The van der Waals surface area contributed by atoms with Crippen LogP contribution in [-0.2, 0) is 7.05 Å². The molecule has 0 fully saturated rings. The Balaban J connectivity index is 1.95. The summed E-state index contributed by atoms with van der Waals surface area (Å²) in [5.41, 5.74) is 6.42. The second kappa shape index (κ2) is 6.42. The van der Waals surface area contributed by atoms with Crippen molar-refractivity contribution in [2.45, 2.75) is 13.3 Å². The summed E-state index contributed by atoms with van der Waals surface area (Å²) >= 11 is 3.42. The number of aryl methyl sites for hydroxylation is 1. The van der Waals surface area contributed by atoms with Gasteiger partial charge in [-0.1, -0.05) is 35.0 Å². The Hall–Kier alpha value is -2.34. The molecule has 2 N–H and O–H groups in total. The minimum Gasteiger partial charge on any atom is -0.507 e. The summed E-state index contributed by atoms with van der Waals surface area (Å²) in [6.07, 6.45) is 0.682. The van der Waals surface area contributed by atoms with Gasteiger partial charge in [-0.3, -0.25) is 0 Å². The van der Waals surface area contributed by atoms with Crippen LogP contribution in [0.4, 0.5) is 5.95 Å². The zero-order valence-electron chi connectivity index (χ0n) is 12.9. The molecule has 0 unspecified atom stereocenters. The predicted molar refractivity (Wildman–Crippen MR) is 97.0 cm³/mol. The molecule has 1 heterocycles. The summed E-state index contributed by atoms with van der Waals surface area (Å²) in [6, 6.07) is 13.2. The van der Waals surface area contributed by atoms with Crippen molar-refractivity contribution in [3.63, 3.8) is 0 Å². The van der Waals surface area contributed by atoms with Gasteiger partial charge in [0.2, 0.25) is 5.95 Å². The van der Waals surface area contributed by atoms with E-state index in [2.05, 4.69) is 31.4 Å². The lowest BCUT2D eigenvalue weighted by atomic mass is 10.1. The van der Waals surface area contributed by atoms with Gasteiger partial charge in [0.25, 0.3) is 0 Å². The van der Waals surface area contributed by atoms with Gasteiger partial charge < -0.3 is 9.67 Å². The summed E-state index contributed by atoms with van der Waals surface area (Å²) < 4.78 is 2.85. The zero-order valence-corrected chi connectivity index (χ0v) is 14.5. The van der Waals surface area contributed by atoms with Gasteiger partial charge >= 0.3 is 0 Å². The van der Waals surface area contributed by atoms with Gasteiger partial charge in [-0.25, -0.2) is 10.4 Å². The van der Waals surface area contributed by atoms with Crippen molar-refractivity contribution in [2.24, 2.45) is 12.1 Å². The second-order valence-electron chi connectivity index (χ2n) is 5.17. The molecule has 0 spiro atoms. The van der Waals surface area contributed by atoms with E-state index in [4.69, 9.17) is 0 Å². The van der Waals surface area contributed by atoms with Crippen LogP contribution in [0.1, 0.15) is 18.9 Å². The molecule has 0 atom stereocenters. The summed E-state index contributed by atoms with van der Waals surface area (Å²) in [5, 5.41) is 14.5. The summed E-state index contributed by atoms with van der Waals surface area (Å²) in [5.74, 6) is 0.868. The van der Waals surface area contributed by atoms with Crippen molar-refractivity contribution in [3.05, 3.63) is 52.5 Å². The topological polar surface area (TPSA) is 62.4 Å². The van der Waals surface area contributed by atoms with Crippen LogP contribution in [0.15, 0.2) is 52.0 Å². The van der Waals surface area contributed by atoms with E-state index in [1.165, 1.54) is 0 Å². The molecule has 0 aliphatic carbocycles. The third-order valence-corrected chi connectivity index (χ3v) is 4.18. The van der Waals surface area contributed by atoms with Gasteiger partial charge in [0.05, 0.1) is 16.7 Å². The van der Waals surface area contributed by atoms with Gasteiger partial charge in [-0.05, 0) is 36.8 Å². The van der Waals surface area contributed by atoms with Gasteiger partial charge in [0.1, 0.15) is 5.75 Å². The third-order valence-electron chi connectivity index (χ3n) is 3.68. The molecule has 2 aromatic carbocycles. The van der Waals surface area contributed by atoms with Crippen molar-refractivity contribution in [2.75, 3.05) is 5.43 Å². The van der Waals surface area contributed by atoms with E-state index in [0.29, 0.717) is 17.9 Å². The first-order valence-electron chi connectivity index (χ1n) is 7.33. The molecule has 0 aliphatic heterocycles. The first-order valence-corrected chi connectivity index (χ1v) is 8.12. The standard InChI is InChI=1S/C17H17BrN4O/c1-3-13(12-10-11(18)8-9-16(12)23)20-21-17-19-14-6-4-5-7-15(14)22(17)2/h4-10,23H,3H2,1-2H3,(H,19,21). The highest BCUT2D eigenvalue weighted by Crippen LogP contribution is 2.24. The molecular weight excluding hydrogens is 356 g/mol. The van der Waals surface area contributed by atoms with Gasteiger partial charge in [0, 0.05) is 17.1 Å². The Morgan fingerprint density at radius 2 is 2.09 bits per heavy atom. The van der Waals surface area contributed by atoms with E-state index < -0.39 is 0 Å². The Labute approximate surface area is 142 Å². The SMILES string of the molecule is CCC(=NNc1nc2ccccc2n1C)c1cc(Br)ccc1O. The average molecular weight is 373 g/mol. The lowest BCUT2D eigenvalue weighted by Crippen LogP contribution is -2.06. The van der Waals surface area contributed by atoms with E-state index in [1.807, 2.05) is 48.9 Å². The van der Waals surface area contributed by atoms with Gasteiger partial charge in [0.15, 0.2) is 0 Å². The van der Waals surface area contributed by atoms with E-state index in [1.54, 1.807) is 12.1 Å². The number of rotatable bonds is 4. The smallest absolute Gasteiger partial charge is 0.224 e. The van der Waals surface area contributed by atoms with Crippen LogP contribution < -0.4 is 5.43 Å². The molecule has 0 saturated carbocycles. The summed E-state index contributed by atoms with van der Waals surface area (Å²) in [4.78, 5) is 4.53. The van der Waals surface area contributed by atoms with Crippen LogP contribution in [-0.4, -0.2) is 20.4 Å². The van der Waals surface area contributed by atoms with Crippen molar-refractivity contribution in [1.82, 2.24) is 9.55 Å². The first kappa shape index (κ1) is 15.6. The van der Waals surface area contributed by atoms with Crippen LogP contribution in [0.25, 0.3) is 11.0 Å². The number of hydrogen-bond acceptors (Lipinski definition) is 4. The van der Waals surface area contributed by atoms with E-state index in [0.717, 1.165) is 21.2 Å². The van der Waals surface area contributed by atoms with Crippen LogP contribution in [0.2, 0.25) is 0 Å². The van der Waals surface area contributed by atoms with Crippen molar-refractivity contribution < 1.29 is 5.11 Å². The highest BCUT2D eigenvalue weighted by molar-refractivity contribution is 9.10. The molecule has 3 aromatic rings. The molecule has 1 aromatic heterocycles. The van der Waals surface area contributed by atoms with Crippen molar-refractivity contribution >= 4 is 38.6 Å². The highest BCUT2D eigenvalue weighted by atomic mass is 79.9. The number of phenols is 1. The van der Waals surface area contributed by atoms with E-state index >= 15 is 0 Å². The van der Waals surface area contributed by atoms with Gasteiger partial charge in [-0.15, -0.1) is 0 Å². The Morgan fingerprint density at radius 3 is 2.83 bits per heavy atom. The largest absolute Gasteiger partial charge is 0.507 e. The third kappa shape index (κ3) is 3.07. The zero-order chi connectivity index (χ0) is 16.4. The van der Waals surface area contributed by atoms with Crippen molar-refractivity contribution in [1.29, 1.82) is 0 Å². The van der Waals surface area contributed by atoms with Gasteiger partial charge in [-0.2, -0.15) is 5.10 Å². The van der Waals surface area contributed by atoms with Crippen LogP contribution in [0.5, 0.6) is 5.75 Å². The minimum absolute atomic E-state index is 0.209. The number of hydrazone groups is 1.